The summed E-state index contributed by atoms with van der Waals surface area (Å²) in [5.41, 5.74) is 1.26. The van der Waals surface area contributed by atoms with Crippen LogP contribution in [0.4, 0.5) is 0 Å². The third kappa shape index (κ3) is 5.68. The first-order valence-corrected chi connectivity index (χ1v) is 11.2. The first-order valence-electron chi connectivity index (χ1n) is 9.28. The molecule has 1 aliphatic heterocycles. The lowest BCUT2D eigenvalue weighted by atomic mass is 9.95. The summed E-state index contributed by atoms with van der Waals surface area (Å²) in [6.45, 7) is 5.09. The molecule has 1 unspecified atom stereocenters. The van der Waals surface area contributed by atoms with Crippen molar-refractivity contribution in [1.29, 1.82) is 0 Å². The highest BCUT2D eigenvalue weighted by Gasteiger charge is 2.48. The molecule has 0 aromatic heterocycles. The number of carbonyl (C=O) groups excluding carboxylic acids is 2. The van der Waals surface area contributed by atoms with E-state index in [-0.39, 0.29) is 43.7 Å². The summed E-state index contributed by atoms with van der Waals surface area (Å²) in [5, 5.41) is 8.75. The Bertz CT molecular complexity index is 792. The fraction of sp³-hybridized carbons (Fsp3) is 0.579. The van der Waals surface area contributed by atoms with E-state index in [0.29, 0.717) is 18.7 Å². The first-order chi connectivity index (χ1) is 12.7. The summed E-state index contributed by atoms with van der Waals surface area (Å²) in [5.74, 6) is -0.635. The minimum atomic E-state index is -3.55. The number of piperidine rings is 1. The summed E-state index contributed by atoms with van der Waals surface area (Å²) in [4.78, 5) is 25.0. The van der Waals surface area contributed by atoms with Crippen LogP contribution in [0.3, 0.4) is 0 Å². The zero-order valence-corrected chi connectivity index (χ0v) is 18.2. The highest BCUT2D eigenvalue weighted by atomic mass is 35.5. The van der Waals surface area contributed by atoms with E-state index in [4.69, 9.17) is 0 Å². The summed E-state index contributed by atoms with van der Waals surface area (Å²) in [7, 11) is -3.55. The number of hydrogen-bond acceptors (Lipinski definition) is 5. The number of amides is 2. The predicted octanol–water partition coefficient (Wildman–Crippen LogP) is 1.42. The van der Waals surface area contributed by atoms with Crippen LogP contribution in [0.5, 0.6) is 0 Å². The van der Waals surface area contributed by atoms with Crippen LogP contribution in [-0.4, -0.2) is 50.4 Å². The van der Waals surface area contributed by atoms with Crippen LogP contribution in [0, 0.1) is 0 Å². The van der Waals surface area contributed by atoms with Gasteiger partial charge in [-0.25, -0.2) is 8.42 Å². The van der Waals surface area contributed by atoms with Crippen molar-refractivity contribution in [3.8, 4) is 0 Å². The molecule has 1 fully saturated rings. The predicted molar refractivity (Wildman–Crippen MR) is 112 cm³/mol. The zero-order valence-electron chi connectivity index (χ0n) is 16.6. The summed E-state index contributed by atoms with van der Waals surface area (Å²) in [6.07, 6.45) is 2.48. The smallest absolute Gasteiger partial charge is 0.251 e. The van der Waals surface area contributed by atoms with Crippen molar-refractivity contribution in [2.24, 2.45) is 0 Å². The Kier molecular flexibility index (Phi) is 8.91. The Morgan fingerprint density at radius 3 is 2.46 bits per heavy atom. The number of rotatable bonds is 7. The van der Waals surface area contributed by atoms with E-state index in [0.717, 1.165) is 18.2 Å². The average molecular weight is 432 g/mol. The molecular formula is C19H30ClN3O4S. The van der Waals surface area contributed by atoms with Crippen molar-refractivity contribution in [2.45, 2.75) is 50.4 Å². The lowest BCUT2D eigenvalue weighted by Gasteiger charge is -2.34. The van der Waals surface area contributed by atoms with Crippen LogP contribution in [0.15, 0.2) is 24.3 Å². The standard InChI is InChI=1S/C19H29N3O4S.ClH/c1-4-14(2)22-17(23)16-7-5-6-15(12-16)13-21-18(24)19(27(3,25)26)8-10-20-11-9-19;/h5-7,12,14,20H,4,8-11,13H2,1-3H3,(H,21,24)(H,22,23);1H. The normalized spacial score (nSPS) is 17.1. The maximum Gasteiger partial charge on any atom is 0.251 e. The monoisotopic (exact) mass is 431 g/mol. The van der Waals surface area contributed by atoms with Gasteiger partial charge in [0.25, 0.3) is 5.91 Å². The molecule has 0 spiro atoms. The van der Waals surface area contributed by atoms with Gasteiger partial charge in [-0.3, -0.25) is 9.59 Å². The fourth-order valence-electron chi connectivity index (χ4n) is 3.17. The molecule has 2 rings (SSSR count). The van der Waals surface area contributed by atoms with Gasteiger partial charge in [-0.05, 0) is 57.0 Å². The second-order valence-electron chi connectivity index (χ2n) is 7.18. The van der Waals surface area contributed by atoms with E-state index in [1.54, 1.807) is 24.3 Å². The van der Waals surface area contributed by atoms with Gasteiger partial charge in [-0.15, -0.1) is 12.4 Å². The van der Waals surface area contributed by atoms with Gasteiger partial charge < -0.3 is 16.0 Å². The molecule has 7 nitrogen and oxygen atoms in total. The van der Waals surface area contributed by atoms with Gasteiger partial charge >= 0.3 is 0 Å². The quantitative estimate of drug-likeness (QED) is 0.605. The molecule has 9 heteroatoms. The van der Waals surface area contributed by atoms with Crippen molar-refractivity contribution in [3.63, 3.8) is 0 Å². The molecule has 0 radical (unpaired) electrons. The van der Waals surface area contributed by atoms with E-state index >= 15 is 0 Å². The molecule has 1 heterocycles. The second-order valence-corrected chi connectivity index (χ2v) is 9.51. The molecule has 1 aromatic carbocycles. The van der Waals surface area contributed by atoms with E-state index in [2.05, 4.69) is 16.0 Å². The first kappa shape index (κ1) is 24.4. The van der Waals surface area contributed by atoms with Crippen LogP contribution in [0.2, 0.25) is 0 Å². The number of hydrogen-bond donors (Lipinski definition) is 3. The summed E-state index contributed by atoms with van der Waals surface area (Å²) in [6, 6.07) is 7.07. The van der Waals surface area contributed by atoms with Crippen LogP contribution >= 0.6 is 12.4 Å². The molecule has 1 atom stereocenters. The van der Waals surface area contributed by atoms with Gasteiger partial charge in [0, 0.05) is 24.4 Å². The Morgan fingerprint density at radius 2 is 1.89 bits per heavy atom. The van der Waals surface area contributed by atoms with Gasteiger partial charge in [0.2, 0.25) is 5.91 Å². The Hall–Kier alpha value is -1.64. The molecule has 1 saturated heterocycles. The maximum absolute atomic E-state index is 12.7. The lowest BCUT2D eigenvalue weighted by Crippen LogP contribution is -2.57. The fourth-order valence-corrected chi connectivity index (χ4v) is 4.53. The third-order valence-electron chi connectivity index (χ3n) is 5.17. The molecule has 3 N–H and O–H groups in total. The molecule has 1 aromatic rings. The number of nitrogens with one attached hydrogen (secondary N) is 3. The van der Waals surface area contributed by atoms with Crippen LogP contribution in [-0.2, 0) is 21.2 Å². The van der Waals surface area contributed by atoms with Crippen molar-refractivity contribution < 1.29 is 18.0 Å². The minimum absolute atomic E-state index is 0. The Morgan fingerprint density at radius 1 is 1.25 bits per heavy atom. The molecule has 158 valence electrons. The van der Waals surface area contributed by atoms with Crippen LogP contribution in [0.25, 0.3) is 0 Å². The third-order valence-corrected chi connectivity index (χ3v) is 7.18. The molecule has 0 bridgehead atoms. The molecule has 28 heavy (non-hydrogen) atoms. The average Bonchev–Trinajstić information content (AvgIpc) is 2.65. The Labute approximate surface area is 173 Å². The van der Waals surface area contributed by atoms with Gasteiger partial charge in [0.1, 0.15) is 0 Å². The second kappa shape index (κ2) is 10.2. The molecule has 0 aliphatic carbocycles. The zero-order chi connectivity index (χ0) is 20.1. The van der Waals surface area contributed by atoms with E-state index in [1.165, 1.54) is 0 Å². The minimum Gasteiger partial charge on any atom is -0.351 e. The van der Waals surface area contributed by atoms with Crippen molar-refractivity contribution in [2.75, 3.05) is 19.3 Å². The summed E-state index contributed by atoms with van der Waals surface area (Å²) >= 11 is 0. The number of halogens is 1. The van der Waals surface area contributed by atoms with Gasteiger partial charge in [-0.2, -0.15) is 0 Å². The maximum atomic E-state index is 12.7. The molecule has 1 aliphatic rings. The molecule has 0 saturated carbocycles. The highest BCUT2D eigenvalue weighted by molar-refractivity contribution is 7.92. The van der Waals surface area contributed by atoms with Gasteiger partial charge in [0.05, 0.1) is 0 Å². The molecule has 2 amide bonds. The van der Waals surface area contributed by atoms with Crippen molar-refractivity contribution in [1.82, 2.24) is 16.0 Å². The van der Waals surface area contributed by atoms with Crippen molar-refractivity contribution in [3.05, 3.63) is 35.4 Å². The number of sulfone groups is 1. The van der Waals surface area contributed by atoms with Gasteiger partial charge in [0.15, 0.2) is 14.6 Å². The Balaban J connectivity index is 0.00000392. The van der Waals surface area contributed by atoms with Gasteiger partial charge in [-0.1, -0.05) is 19.1 Å². The largest absolute Gasteiger partial charge is 0.351 e. The number of carbonyl (C=O) groups is 2. The SMILES string of the molecule is CCC(C)NC(=O)c1cccc(CNC(=O)C2(S(C)(=O)=O)CCNCC2)c1.Cl. The van der Waals surface area contributed by atoms with E-state index in [1.807, 2.05) is 13.8 Å². The van der Waals surface area contributed by atoms with Crippen LogP contribution in [0.1, 0.15) is 49.0 Å². The van der Waals surface area contributed by atoms with Crippen molar-refractivity contribution >= 4 is 34.1 Å². The number of benzene rings is 1. The molecular weight excluding hydrogens is 402 g/mol. The van der Waals surface area contributed by atoms with E-state index < -0.39 is 20.5 Å². The lowest BCUT2D eigenvalue weighted by molar-refractivity contribution is -0.124. The van der Waals surface area contributed by atoms with Crippen LogP contribution < -0.4 is 16.0 Å². The highest BCUT2D eigenvalue weighted by Crippen LogP contribution is 2.28. The van der Waals surface area contributed by atoms with E-state index in [9.17, 15) is 18.0 Å². The topological polar surface area (TPSA) is 104 Å². The summed E-state index contributed by atoms with van der Waals surface area (Å²) < 4.78 is 23.2.